The molecule has 148 valence electrons. The van der Waals surface area contributed by atoms with Gasteiger partial charge in [0, 0.05) is 32.7 Å². The van der Waals surface area contributed by atoms with Gasteiger partial charge in [-0.1, -0.05) is 24.3 Å². The lowest BCUT2D eigenvalue weighted by molar-refractivity contribution is -0.131. The molecule has 1 amide bonds. The minimum absolute atomic E-state index is 0.00846. The highest BCUT2D eigenvalue weighted by Gasteiger charge is 2.21. The van der Waals surface area contributed by atoms with E-state index in [-0.39, 0.29) is 12.5 Å². The number of carbonyl (C=O) groups is 1. The number of nitrogens with zero attached hydrogens (tertiary/aromatic N) is 4. The topological polar surface area (TPSA) is 82.5 Å². The molecule has 1 aliphatic rings. The molecule has 2 aromatic carbocycles. The Morgan fingerprint density at radius 3 is 2.62 bits per heavy atom. The van der Waals surface area contributed by atoms with Crippen LogP contribution in [0.4, 0.5) is 0 Å². The Kier molecular flexibility index (Phi) is 5.45. The number of carbonyl (C=O) groups excluding carboxylic acids is 1. The number of oxazole rings is 1. The Hall–Kier alpha value is -3.37. The van der Waals surface area contributed by atoms with Gasteiger partial charge in [0.15, 0.2) is 5.58 Å². The summed E-state index contributed by atoms with van der Waals surface area (Å²) in [6.07, 6.45) is 0.878. The average molecular weight is 390 g/mol. The maximum Gasteiger partial charge on any atom is 0.420 e. The number of hydrogen-bond donors (Lipinski definition) is 0. The molecule has 2 heterocycles. The van der Waals surface area contributed by atoms with Crippen LogP contribution in [0.5, 0.6) is 0 Å². The van der Waals surface area contributed by atoms with E-state index >= 15 is 0 Å². The molecule has 1 aliphatic heterocycles. The summed E-state index contributed by atoms with van der Waals surface area (Å²) in [6.45, 7) is 3.75. The van der Waals surface area contributed by atoms with Gasteiger partial charge in [-0.15, -0.1) is 0 Å². The lowest BCUT2D eigenvalue weighted by Crippen LogP contribution is -2.38. The second-order valence-electron chi connectivity index (χ2n) is 7.24. The number of amides is 1. The molecule has 1 fully saturated rings. The van der Waals surface area contributed by atoms with Crippen molar-refractivity contribution < 1.29 is 9.21 Å². The van der Waals surface area contributed by atoms with Gasteiger partial charge in [-0.05, 0) is 36.2 Å². The Balaban J connectivity index is 1.38. The van der Waals surface area contributed by atoms with Crippen molar-refractivity contribution in [2.75, 3.05) is 26.2 Å². The van der Waals surface area contributed by atoms with Gasteiger partial charge in [0.1, 0.15) is 6.54 Å². The van der Waals surface area contributed by atoms with Gasteiger partial charge in [0.05, 0.1) is 17.1 Å². The van der Waals surface area contributed by atoms with E-state index in [4.69, 9.17) is 9.68 Å². The van der Waals surface area contributed by atoms with Crippen LogP contribution in [0.3, 0.4) is 0 Å². The van der Waals surface area contributed by atoms with Crippen LogP contribution in [-0.2, 0) is 17.9 Å². The first-order valence-corrected chi connectivity index (χ1v) is 9.71. The van der Waals surface area contributed by atoms with Gasteiger partial charge in [-0.3, -0.25) is 14.3 Å². The maximum atomic E-state index is 12.8. The van der Waals surface area contributed by atoms with Crippen molar-refractivity contribution in [3.05, 3.63) is 70.2 Å². The van der Waals surface area contributed by atoms with Crippen molar-refractivity contribution in [3.8, 4) is 6.07 Å². The van der Waals surface area contributed by atoms with E-state index < -0.39 is 5.76 Å². The molecule has 0 aliphatic carbocycles. The molecule has 29 heavy (non-hydrogen) atoms. The number of hydrogen-bond acceptors (Lipinski definition) is 5. The molecule has 7 heteroatoms. The van der Waals surface area contributed by atoms with Gasteiger partial charge < -0.3 is 9.32 Å². The van der Waals surface area contributed by atoms with Gasteiger partial charge in [-0.2, -0.15) is 5.26 Å². The first-order chi connectivity index (χ1) is 14.1. The van der Waals surface area contributed by atoms with Gasteiger partial charge in [0.25, 0.3) is 0 Å². The molecule has 0 N–H and O–H groups in total. The van der Waals surface area contributed by atoms with E-state index in [9.17, 15) is 9.59 Å². The first kappa shape index (κ1) is 19.0. The molecule has 3 aromatic rings. The lowest BCUT2D eigenvalue weighted by Gasteiger charge is -2.22. The van der Waals surface area contributed by atoms with Crippen LogP contribution in [-0.4, -0.2) is 46.5 Å². The van der Waals surface area contributed by atoms with Crippen molar-refractivity contribution in [1.29, 1.82) is 5.26 Å². The molecular weight excluding hydrogens is 368 g/mol. The Morgan fingerprint density at radius 1 is 1.03 bits per heavy atom. The minimum Gasteiger partial charge on any atom is -0.408 e. The SMILES string of the molecule is N#Cc1ccc(CN2CCCN(C(=O)Cn3c(=O)oc4ccccc43)CC2)cc1. The molecule has 1 aromatic heterocycles. The Bertz CT molecular complexity index is 1110. The zero-order valence-corrected chi connectivity index (χ0v) is 16.1. The molecule has 0 radical (unpaired) electrons. The highest BCUT2D eigenvalue weighted by molar-refractivity contribution is 5.79. The predicted molar refractivity (Wildman–Crippen MR) is 108 cm³/mol. The third-order valence-corrected chi connectivity index (χ3v) is 5.30. The minimum atomic E-state index is -0.503. The lowest BCUT2D eigenvalue weighted by atomic mass is 10.1. The number of rotatable bonds is 4. The van der Waals surface area contributed by atoms with Crippen LogP contribution in [0.1, 0.15) is 17.5 Å². The standard InChI is InChI=1S/C22H22N4O3/c23-14-17-6-8-18(9-7-17)15-24-10-3-11-25(13-12-24)21(27)16-26-19-4-1-2-5-20(19)29-22(26)28/h1-2,4-9H,3,10-13,15-16H2. The summed E-state index contributed by atoms with van der Waals surface area (Å²) in [4.78, 5) is 29.1. The molecule has 0 bridgehead atoms. The van der Waals surface area contributed by atoms with Crippen LogP contribution in [0, 0.1) is 11.3 Å². The Morgan fingerprint density at radius 2 is 1.83 bits per heavy atom. The molecule has 4 rings (SSSR count). The van der Waals surface area contributed by atoms with Crippen molar-refractivity contribution in [2.45, 2.75) is 19.5 Å². The fourth-order valence-electron chi connectivity index (χ4n) is 3.72. The molecule has 0 spiro atoms. The van der Waals surface area contributed by atoms with E-state index in [0.29, 0.717) is 29.8 Å². The zero-order valence-electron chi connectivity index (χ0n) is 16.1. The van der Waals surface area contributed by atoms with Crippen LogP contribution in [0.15, 0.2) is 57.7 Å². The number of para-hydroxylation sites is 2. The smallest absolute Gasteiger partial charge is 0.408 e. The number of nitriles is 1. The van der Waals surface area contributed by atoms with E-state index in [1.807, 2.05) is 35.2 Å². The van der Waals surface area contributed by atoms with Gasteiger partial charge in [-0.25, -0.2) is 4.79 Å². The zero-order chi connectivity index (χ0) is 20.2. The molecular formula is C22H22N4O3. The highest BCUT2D eigenvalue weighted by atomic mass is 16.4. The third-order valence-electron chi connectivity index (χ3n) is 5.30. The summed E-state index contributed by atoms with van der Waals surface area (Å²) in [7, 11) is 0. The van der Waals surface area contributed by atoms with Gasteiger partial charge in [0.2, 0.25) is 5.91 Å². The van der Waals surface area contributed by atoms with E-state index in [2.05, 4.69) is 11.0 Å². The fourth-order valence-corrected chi connectivity index (χ4v) is 3.72. The monoisotopic (exact) mass is 390 g/mol. The van der Waals surface area contributed by atoms with E-state index in [1.54, 1.807) is 18.2 Å². The summed E-state index contributed by atoms with van der Waals surface area (Å²) >= 11 is 0. The summed E-state index contributed by atoms with van der Waals surface area (Å²) in [5.41, 5.74) is 2.95. The third kappa shape index (κ3) is 4.23. The molecule has 0 atom stereocenters. The number of benzene rings is 2. The molecule has 0 unspecified atom stereocenters. The summed E-state index contributed by atoms with van der Waals surface area (Å²) in [6, 6.07) is 16.9. The summed E-state index contributed by atoms with van der Waals surface area (Å²) in [5, 5.41) is 8.91. The molecule has 1 saturated heterocycles. The predicted octanol–water partition coefficient (Wildman–Crippen LogP) is 2.20. The van der Waals surface area contributed by atoms with E-state index in [1.165, 1.54) is 4.57 Å². The van der Waals surface area contributed by atoms with Crippen LogP contribution in [0.25, 0.3) is 11.1 Å². The number of fused-ring (bicyclic) bond motifs is 1. The quantitative estimate of drug-likeness (QED) is 0.682. The second kappa shape index (κ2) is 8.33. The highest BCUT2D eigenvalue weighted by Crippen LogP contribution is 2.14. The second-order valence-corrected chi connectivity index (χ2v) is 7.24. The normalized spacial score (nSPS) is 15.2. The van der Waals surface area contributed by atoms with Crippen LogP contribution < -0.4 is 5.76 Å². The maximum absolute atomic E-state index is 12.8. The van der Waals surface area contributed by atoms with Crippen molar-refractivity contribution in [3.63, 3.8) is 0 Å². The van der Waals surface area contributed by atoms with E-state index in [0.717, 1.165) is 31.6 Å². The van der Waals surface area contributed by atoms with Crippen molar-refractivity contribution >= 4 is 17.0 Å². The fraction of sp³-hybridized carbons (Fsp3) is 0.318. The van der Waals surface area contributed by atoms with Crippen molar-refractivity contribution in [1.82, 2.24) is 14.4 Å². The molecule has 7 nitrogen and oxygen atoms in total. The van der Waals surface area contributed by atoms with Gasteiger partial charge >= 0.3 is 5.76 Å². The summed E-state index contributed by atoms with van der Waals surface area (Å²) < 4.78 is 6.62. The first-order valence-electron chi connectivity index (χ1n) is 9.71. The summed E-state index contributed by atoms with van der Waals surface area (Å²) in [5.74, 6) is -0.573. The largest absolute Gasteiger partial charge is 0.420 e. The number of aromatic nitrogens is 1. The van der Waals surface area contributed by atoms with Crippen LogP contribution >= 0.6 is 0 Å². The Labute approximate surface area is 168 Å². The van der Waals surface area contributed by atoms with Crippen LogP contribution in [0.2, 0.25) is 0 Å². The average Bonchev–Trinajstić information content (AvgIpc) is 2.90. The van der Waals surface area contributed by atoms with Crippen molar-refractivity contribution in [2.24, 2.45) is 0 Å². The molecule has 0 saturated carbocycles.